The molecule has 214 valence electrons. The van der Waals surface area contributed by atoms with Crippen molar-refractivity contribution >= 4 is 60.8 Å². The SMILES string of the molecule is CC1(c2ccccc2)CN(c2ccc3ccc4c(N(c5ccccc5)c5ccccc5)ccc5ccc2c3c54)c2ccccc21. The van der Waals surface area contributed by atoms with E-state index in [-0.39, 0.29) is 5.41 Å². The maximum absolute atomic E-state index is 2.55. The van der Waals surface area contributed by atoms with Crippen molar-refractivity contribution in [3.05, 3.63) is 175 Å². The van der Waals surface area contributed by atoms with Crippen molar-refractivity contribution in [2.45, 2.75) is 12.3 Å². The molecule has 1 aliphatic heterocycles. The van der Waals surface area contributed by atoms with E-state index >= 15 is 0 Å². The predicted octanol–water partition coefficient (Wildman–Crippen LogP) is 11.5. The van der Waals surface area contributed by atoms with Crippen LogP contribution < -0.4 is 9.80 Å². The molecule has 45 heavy (non-hydrogen) atoms. The molecule has 0 spiro atoms. The summed E-state index contributed by atoms with van der Waals surface area (Å²) in [7, 11) is 0. The first-order valence-electron chi connectivity index (χ1n) is 15.7. The third-order valence-corrected chi connectivity index (χ3v) is 9.85. The first-order valence-corrected chi connectivity index (χ1v) is 15.7. The summed E-state index contributed by atoms with van der Waals surface area (Å²) in [6.45, 7) is 3.28. The van der Waals surface area contributed by atoms with Gasteiger partial charge in [-0.05, 0) is 82.1 Å². The molecule has 9 rings (SSSR count). The van der Waals surface area contributed by atoms with Gasteiger partial charge < -0.3 is 9.80 Å². The lowest BCUT2D eigenvalue weighted by Gasteiger charge is -2.29. The molecule has 2 nitrogen and oxygen atoms in total. The Balaban J connectivity index is 1.28. The highest BCUT2D eigenvalue weighted by Gasteiger charge is 2.41. The molecule has 8 aromatic carbocycles. The normalized spacial score (nSPS) is 16.1. The standard InChI is InChI=1S/C43H32N2/c1-43(32-13-5-2-6-14-32)29-44(40-20-12-11-19-37(40)43)38-27-23-30-22-26-36-39(28-24-31-21-25-35(38)41(30)42(31)36)45(33-15-7-3-8-16-33)34-17-9-4-10-18-34/h2-28H,29H2,1H3. The van der Waals surface area contributed by atoms with E-state index in [2.05, 4.69) is 181 Å². The number of benzene rings is 8. The Hall–Kier alpha value is -5.60. The van der Waals surface area contributed by atoms with Gasteiger partial charge in [0.15, 0.2) is 0 Å². The Morgan fingerprint density at radius 3 is 1.71 bits per heavy atom. The molecule has 1 unspecified atom stereocenters. The number of anilines is 5. The fourth-order valence-electron chi connectivity index (χ4n) is 7.71. The predicted molar refractivity (Wildman–Crippen MR) is 191 cm³/mol. The van der Waals surface area contributed by atoms with E-state index in [1.54, 1.807) is 0 Å². The molecule has 1 aliphatic rings. The second kappa shape index (κ2) is 9.97. The van der Waals surface area contributed by atoms with Gasteiger partial charge in [0.25, 0.3) is 0 Å². The van der Waals surface area contributed by atoms with Gasteiger partial charge in [-0.2, -0.15) is 0 Å². The number of fused-ring (bicyclic) bond motifs is 1. The summed E-state index contributed by atoms with van der Waals surface area (Å²) < 4.78 is 0. The van der Waals surface area contributed by atoms with Gasteiger partial charge in [-0.3, -0.25) is 0 Å². The lowest BCUT2D eigenvalue weighted by Crippen LogP contribution is -2.29. The van der Waals surface area contributed by atoms with Crippen molar-refractivity contribution in [3.63, 3.8) is 0 Å². The van der Waals surface area contributed by atoms with Crippen LogP contribution in [0.25, 0.3) is 32.3 Å². The van der Waals surface area contributed by atoms with Crippen molar-refractivity contribution in [3.8, 4) is 0 Å². The molecular weight excluding hydrogens is 544 g/mol. The molecule has 0 N–H and O–H groups in total. The smallest absolute Gasteiger partial charge is 0.0540 e. The molecule has 1 atom stereocenters. The molecule has 8 aromatic rings. The van der Waals surface area contributed by atoms with Gasteiger partial charge >= 0.3 is 0 Å². The Kier molecular flexibility index (Phi) is 5.73. The number of nitrogens with zero attached hydrogens (tertiary/aromatic N) is 2. The van der Waals surface area contributed by atoms with Crippen LogP contribution in [0.15, 0.2) is 164 Å². The molecule has 0 saturated carbocycles. The highest BCUT2D eigenvalue weighted by atomic mass is 15.2. The van der Waals surface area contributed by atoms with Crippen molar-refractivity contribution in [1.29, 1.82) is 0 Å². The van der Waals surface area contributed by atoms with Crippen LogP contribution in [0, 0.1) is 0 Å². The summed E-state index contributed by atoms with van der Waals surface area (Å²) in [6, 6.07) is 59.8. The molecule has 0 saturated heterocycles. The first-order chi connectivity index (χ1) is 22.2. The molecule has 2 heteroatoms. The van der Waals surface area contributed by atoms with E-state index in [4.69, 9.17) is 0 Å². The highest BCUT2D eigenvalue weighted by molar-refractivity contribution is 6.28. The lowest BCUT2D eigenvalue weighted by atomic mass is 9.78. The molecular formula is C43H32N2. The fraction of sp³-hybridized carbons (Fsp3) is 0.0698. The average molecular weight is 577 g/mol. The van der Waals surface area contributed by atoms with Crippen molar-refractivity contribution in [1.82, 2.24) is 0 Å². The third-order valence-electron chi connectivity index (χ3n) is 9.85. The van der Waals surface area contributed by atoms with Gasteiger partial charge in [-0.1, -0.05) is 121 Å². The quantitative estimate of drug-likeness (QED) is 0.188. The number of rotatable bonds is 5. The first kappa shape index (κ1) is 25.9. The monoisotopic (exact) mass is 576 g/mol. The number of hydrogen-bond donors (Lipinski definition) is 0. The summed E-state index contributed by atoms with van der Waals surface area (Å²) >= 11 is 0. The zero-order chi connectivity index (χ0) is 30.0. The highest BCUT2D eigenvalue weighted by Crippen LogP contribution is 2.51. The van der Waals surface area contributed by atoms with Crippen molar-refractivity contribution < 1.29 is 0 Å². The molecule has 0 aromatic heterocycles. The maximum Gasteiger partial charge on any atom is 0.0540 e. The molecule has 0 fully saturated rings. The minimum Gasteiger partial charge on any atom is -0.339 e. The van der Waals surface area contributed by atoms with Crippen LogP contribution in [0.2, 0.25) is 0 Å². The largest absolute Gasteiger partial charge is 0.339 e. The van der Waals surface area contributed by atoms with Gasteiger partial charge in [0.1, 0.15) is 0 Å². The summed E-state index contributed by atoms with van der Waals surface area (Å²) in [5.74, 6) is 0. The lowest BCUT2D eigenvalue weighted by molar-refractivity contribution is 0.616. The topological polar surface area (TPSA) is 6.48 Å². The van der Waals surface area contributed by atoms with Crippen LogP contribution in [0.5, 0.6) is 0 Å². The average Bonchev–Trinajstić information content (AvgIpc) is 3.42. The van der Waals surface area contributed by atoms with Crippen LogP contribution in [-0.2, 0) is 5.41 Å². The zero-order valence-corrected chi connectivity index (χ0v) is 25.2. The van der Waals surface area contributed by atoms with Crippen LogP contribution in [-0.4, -0.2) is 6.54 Å². The van der Waals surface area contributed by atoms with E-state index < -0.39 is 0 Å². The third kappa shape index (κ3) is 3.89. The van der Waals surface area contributed by atoms with Gasteiger partial charge in [-0.15, -0.1) is 0 Å². The van der Waals surface area contributed by atoms with Crippen LogP contribution in [0.4, 0.5) is 28.4 Å². The summed E-state index contributed by atoms with van der Waals surface area (Å²) in [5.41, 5.74) is 8.65. The molecule has 0 aliphatic carbocycles. The Bertz CT molecular complexity index is 2270. The Morgan fingerprint density at radius 1 is 0.489 bits per heavy atom. The van der Waals surface area contributed by atoms with Crippen molar-refractivity contribution in [2.24, 2.45) is 0 Å². The summed E-state index contributed by atoms with van der Waals surface area (Å²) in [6.07, 6.45) is 0. The van der Waals surface area contributed by atoms with E-state index in [0.29, 0.717) is 0 Å². The van der Waals surface area contributed by atoms with Gasteiger partial charge in [0, 0.05) is 45.5 Å². The Morgan fingerprint density at radius 2 is 1.02 bits per heavy atom. The minimum absolute atomic E-state index is 0.110. The van der Waals surface area contributed by atoms with Gasteiger partial charge in [0.2, 0.25) is 0 Å². The molecule has 0 amide bonds. The van der Waals surface area contributed by atoms with E-state index in [1.807, 2.05) is 0 Å². The maximum atomic E-state index is 2.55. The van der Waals surface area contributed by atoms with E-state index in [9.17, 15) is 0 Å². The van der Waals surface area contributed by atoms with Crippen LogP contribution in [0.3, 0.4) is 0 Å². The van der Waals surface area contributed by atoms with Gasteiger partial charge in [-0.25, -0.2) is 0 Å². The fourth-order valence-corrected chi connectivity index (χ4v) is 7.71. The summed E-state index contributed by atoms with van der Waals surface area (Å²) in [4.78, 5) is 4.93. The number of para-hydroxylation sites is 3. The van der Waals surface area contributed by atoms with E-state index in [1.165, 1.54) is 60.5 Å². The second-order valence-electron chi connectivity index (χ2n) is 12.4. The van der Waals surface area contributed by atoms with Crippen LogP contribution >= 0.6 is 0 Å². The van der Waals surface area contributed by atoms with Crippen molar-refractivity contribution in [2.75, 3.05) is 16.3 Å². The zero-order valence-electron chi connectivity index (χ0n) is 25.2. The minimum atomic E-state index is -0.110. The summed E-state index contributed by atoms with van der Waals surface area (Å²) in [5, 5.41) is 7.73. The second-order valence-corrected chi connectivity index (χ2v) is 12.4. The van der Waals surface area contributed by atoms with Gasteiger partial charge in [0.05, 0.1) is 5.69 Å². The van der Waals surface area contributed by atoms with Crippen LogP contribution in [0.1, 0.15) is 18.1 Å². The van der Waals surface area contributed by atoms with E-state index in [0.717, 1.165) is 17.9 Å². The Labute approximate surface area is 263 Å². The molecule has 0 bridgehead atoms. The molecule has 1 heterocycles. The molecule has 0 radical (unpaired) electrons. The number of hydrogen-bond acceptors (Lipinski definition) is 2.